The number of carbonyl (C=O) groups excluding carboxylic acids is 2. The monoisotopic (exact) mass is 411 g/mol. The Morgan fingerprint density at radius 2 is 1.90 bits per heavy atom. The van der Waals surface area contributed by atoms with Gasteiger partial charge in [-0.05, 0) is 30.3 Å². The summed E-state index contributed by atoms with van der Waals surface area (Å²) in [5.41, 5.74) is 12.5. The van der Waals surface area contributed by atoms with Gasteiger partial charge in [-0.3, -0.25) is 15.1 Å². The molecule has 9 heteroatoms. The lowest BCUT2D eigenvalue weighted by Gasteiger charge is -2.11. The molecule has 0 unspecified atom stereocenters. The molecule has 29 heavy (non-hydrogen) atoms. The average Bonchev–Trinajstić information content (AvgIpc) is 3.12. The summed E-state index contributed by atoms with van der Waals surface area (Å²) in [6, 6.07) is 14.1. The SMILES string of the molecule is NC(=O)Nc1sc(-c2ccccc2OCCNCc2ccccn2)cc1C(N)=O. The van der Waals surface area contributed by atoms with Gasteiger partial charge in [0.1, 0.15) is 17.4 Å². The number of carbonyl (C=O) groups is 2. The summed E-state index contributed by atoms with van der Waals surface area (Å²) in [5, 5.41) is 6.02. The molecule has 0 fully saturated rings. The van der Waals surface area contributed by atoms with Gasteiger partial charge in [0, 0.05) is 29.7 Å². The molecule has 2 aromatic heterocycles. The predicted octanol–water partition coefficient (Wildman–Crippen LogP) is 2.57. The van der Waals surface area contributed by atoms with Gasteiger partial charge in [-0.1, -0.05) is 18.2 Å². The standard InChI is InChI=1S/C20H21N5O3S/c21-18(26)15-11-17(29-19(15)25-20(22)27)14-6-1-2-7-16(14)28-10-9-23-12-13-5-3-4-8-24-13/h1-8,11,23H,9-10,12H2,(H2,21,26)(H3,22,25,27). The number of hydrogen-bond acceptors (Lipinski definition) is 6. The Morgan fingerprint density at radius 3 is 2.62 bits per heavy atom. The van der Waals surface area contributed by atoms with Gasteiger partial charge in [0.2, 0.25) is 0 Å². The van der Waals surface area contributed by atoms with Crippen LogP contribution < -0.4 is 26.8 Å². The van der Waals surface area contributed by atoms with E-state index in [0.717, 1.165) is 16.1 Å². The summed E-state index contributed by atoms with van der Waals surface area (Å²) in [7, 11) is 0. The molecule has 150 valence electrons. The van der Waals surface area contributed by atoms with Gasteiger partial charge in [-0.25, -0.2) is 4.79 Å². The van der Waals surface area contributed by atoms with Crippen LogP contribution >= 0.6 is 11.3 Å². The normalized spacial score (nSPS) is 10.5. The summed E-state index contributed by atoms with van der Waals surface area (Å²) in [6.45, 7) is 1.74. The van der Waals surface area contributed by atoms with E-state index in [1.165, 1.54) is 11.3 Å². The number of nitrogens with two attached hydrogens (primary N) is 2. The Balaban J connectivity index is 1.67. The molecule has 6 N–H and O–H groups in total. The van der Waals surface area contributed by atoms with Crippen molar-refractivity contribution in [1.82, 2.24) is 10.3 Å². The molecule has 0 radical (unpaired) electrons. The Morgan fingerprint density at radius 1 is 1.10 bits per heavy atom. The molecule has 0 bridgehead atoms. The van der Waals surface area contributed by atoms with Crippen LogP contribution in [0.5, 0.6) is 5.75 Å². The first-order chi connectivity index (χ1) is 14.0. The van der Waals surface area contributed by atoms with Gasteiger partial charge in [0.25, 0.3) is 5.91 Å². The lowest BCUT2D eigenvalue weighted by atomic mass is 10.1. The number of nitrogens with zero attached hydrogens (tertiary/aromatic N) is 1. The zero-order chi connectivity index (χ0) is 20.6. The maximum Gasteiger partial charge on any atom is 0.317 e. The number of aromatic nitrogens is 1. The van der Waals surface area contributed by atoms with Crippen LogP contribution in [0.25, 0.3) is 10.4 Å². The topological polar surface area (TPSA) is 132 Å². The fraction of sp³-hybridized carbons (Fsp3) is 0.150. The van der Waals surface area contributed by atoms with E-state index in [2.05, 4.69) is 15.6 Å². The number of para-hydroxylation sites is 1. The first-order valence-corrected chi connectivity index (χ1v) is 9.69. The highest BCUT2D eigenvalue weighted by molar-refractivity contribution is 7.20. The van der Waals surface area contributed by atoms with Crippen LogP contribution in [0, 0.1) is 0 Å². The second-order valence-electron chi connectivity index (χ2n) is 6.05. The molecular weight excluding hydrogens is 390 g/mol. The maximum absolute atomic E-state index is 11.7. The molecule has 0 atom stereocenters. The van der Waals surface area contributed by atoms with Crippen LogP contribution in [0.3, 0.4) is 0 Å². The van der Waals surface area contributed by atoms with Crippen LogP contribution in [-0.4, -0.2) is 30.1 Å². The number of thiophene rings is 1. The van der Waals surface area contributed by atoms with E-state index in [9.17, 15) is 9.59 Å². The highest BCUT2D eigenvalue weighted by atomic mass is 32.1. The maximum atomic E-state index is 11.7. The molecule has 3 aromatic rings. The van der Waals surface area contributed by atoms with E-state index in [1.807, 2.05) is 42.5 Å². The summed E-state index contributed by atoms with van der Waals surface area (Å²) < 4.78 is 5.92. The lowest BCUT2D eigenvalue weighted by molar-refractivity contribution is 0.100. The van der Waals surface area contributed by atoms with E-state index in [4.69, 9.17) is 16.2 Å². The van der Waals surface area contributed by atoms with E-state index in [0.29, 0.717) is 30.4 Å². The highest BCUT2D eigenvalue weighted by Crippen LogP contribution is 2.39. The first-order valence-electron chi connectivity index (χ1n) is 8.87. The van der Waals surface area contributed by atoms with Crippen molar-refractivity contribution >= 4 is 28.3 Å². The molecule has 0 saturated carbocycles. The Hall–Kier alpha value is -3.43. The van der Waals surface area contributed by atoms with Gasteiger partial charge in [0.15, 0.2) is 0 Å². The summed E-state index contributed by atoms with van der Waals surface area (Å²) in [5.74, 6) is 0.0170. The van der Waals surface area contributed by atoms with Crippen LogP contribution in [-0.2, 0) is 6.54 Å². The molecule has 0 aliphatic heterocycles. The van der Waals surface area contributed by atoms with Gasteiger partial charge in [-0.15, -0.1) is 11.3 Å². The number of ether oxygens (including phenoxy) is 1. The first kappa shape index (κ1) is 20.3. The van der Waals surface area contributed by atoms with Crippen molar-refractivity contribution in [2.75, 3.05) is 18.5 Å². The van der Waals surface area contributed by atoms with E-state index in [-0.39, 0.29) is 5.56 Å². The van der Waals surface area contributed by atoms with Crippen molar-refractivity contribution in [3.05, 3.63) is 66.0 Å². The fourth-order valence-electron chi connectivity index (χ4n) is 2.66. The number of rotatable bonds is 9. The molecule has 1 aromatic carbocycles. The minimum Gasteiger partial charge on any atom is -0.492 e. The Bertz CT molecular complexity index is 991. The van der Waals surface area contributed by atoms with Gasteiger partial charge < -0.3 is 21.5 Å². The Kier molecular flexibility index (Phi) is 6.77. The number of pyridine rings is 1. The van der Waals surface area contributed by atoms with Crippen LogP contribution in [0.4, 0.5) is 9.80 Å². The second-order valence-corrected chi connectivity index (χ2v) is 7.10. The molecule has 0 aliphatic rings. The number of benzene rings is 1. The average molecular weight is 411 g/mol. The third-order valence-electron chi connectivity index (χ3n) is 3.96. The van der Waals surface area contributed by atoms with Crippen molar-refractivity contribution in [2.24, 2.45) is 11.5 Å². The van der Waals surface area contributed by atoms with Crippen LogP contribution in [0.15, 0.2) is 54.7 Å². The van der Waals surface area contributed by atoms with Gasteiger partial charge >= 0.3 is 6.03 Å². The number of nitrogens with one attached hydrogen (secondary N) is 2. The van der Waals surface area contributed by atoms with E-state index >= 15 is 0 Å². The molecule has 3 rings (SSSR count). The second kappa shape index (κ2) is 9.67. The molecule has 0 spiro atoms. The van der Waals surface area contributed by atoms with Gasteiger partial charge in [0.05, 0.1) is 11.3 Å². The summed E-state index contributed by atoms with van der Waals surface area (Å²) in [4.78, 5) is 27.9. The third kappa shape index (κ3) is 5.53. The molecule has 0 aliphatic carbocycles. The molecular formula is C20H21N5O3S. The fourth-order valence-corrected chi connectivity index (χ4v) is 3.76. The van der Waals surface area contributed by atoms with Crippen molar-refractivity contribution in [3.8, 4) is 16.2 Å². The number of primary amides is 2. The minimum atomic E-state index is -0.760. The van der Waals surface area contributed by atoms with Crippen molar-refractivity contribution in [1.29, 1.82) is 0 Å². The van der Waals surface area contributed by atoms with Crippen molar-refractivity contribution < 1.29 is 14.3 Å². The molecule has 2 heterocycles. The zero-order valence-electron chi connectivity index (χ0n) is 15.6. The largest absolute Gasteiger partial charge is 0.492 e. The highest BCUT2D eigenvalue weighted by Gasteiger charge is 2.18. The van der Waals surface area contributed by atoms with Crippen molar-refractivity contribution in [2.45, 2.75) is 6.54 Å². The number of amides is 3. The molecule has 3 amide bonds. The van der Waals surface area contributed by atoms with Crippen molar-refractivity contribution in [3.63, 3.8) is 0 Å². The zero-order valence-corrected chi connectivity index (χ0v) is 16.4. The van der Waals surface area contributed by atoms with E-state index in [1.54, 1.807) is 12.3 Å². The molecule has 0 saturated heterocycles. The third-order valence-corrected chi connectivity index (χ3v) is 5.04. The summed E-state index contributed by atoms with van der Waals surface area (Å²) >= 11 is 1.21. The van der Waals surface area contributed by atoms with Crippen LogP contribution in [0.2, 0.25) is 0 Å². The van der Waals surface area contributed by atoms with Crippen LogP contribution in [0.1, 0.15) is 16.1 Å². The van der Waals surface area contributed by atoms with E-state index < -0.39 is 11.9 Å². The quantitative estimate of drug-likeness (QED) is 0.402. The Labute approximate surface area is 171 Å². The predicted molar refractivity (Wildman–Crippen MR) is 113 cm³/mol. The number of urea groups is 1. The lowest BCUT2D eigenvalue weighted by Crippen LogP contribution is -2.21. The number of hydrogen-bond donors (Lipinski definition) is 4. The minimum absolute atomic E-state index is 0.204. The molecule has 8 nitrogen and oxygen atoms in total. The smallest absolute Gasteiger partial charge is 0.317 e. The summed E-state index contributed by atoms with van der Waals surface area (Å²) in [6.07, 6.45) is 1.76. The number of anilines is 1. The van der Waals surface area contributed by atoms with Gasteiger partial charge in [-0.2, -0.15) is 0 Å².